The maximum atomic E-state index is 13.2. The van der Waals surface area contributed by atoms with Gasteiger partial charge in [-0.2, -0.15) is 0 Å². The molecule has 5 nitrogen and oxygen atoms in total. The van der Waals surface area contributed by atoms with Gasteiger partial charge < -0.3 is 15.8 Å². The maximum Gasteiger partial charge on any atom is 0.188 e. The van der Waals surface area contributed by atoms with E-state index in [1.807, 2.05) is 12.1 Å². The lowest BCUT2D eigenvalue weighted by atomic mass is 9.64. The van der Waals surface area contributed by atoms with Crippen LogP contribution >= 0.6 is 0 Å². The molecule has 1 aliphatic carbocycles. The molecule has 1 aromatic carbocycles. The van der Waals surface area contributed by atoms with Crippen molar-refractivity contribution < 1.29 is 9.13 Å². The Bertz CT molecular complexity index is 565. The molecule has 138 valence electrons. The van der Waals surface area contributed by atoms with Crippen molar-refractivity contribution in [3.8, 4) is 0 Å². The first-order valence-electron chi connectivity index (χ1n) is 9.28. The second kappa shape index (κ2) is 8.63. The van der Waals surface area contributed by atoms with Gasteiger partial charge in [-0.1, -0.05) is 18.6 Å². The van der Waals surface area contributed by atoms with Crippen molar-refractivity contribution in [2.45, 2.75) is 31.1 Å². The molecule has 3 rings (SSSR count). The zero-order valence-corrected chi connectivity index (χ0v) is 14.8. The first-order valence-corrected chi connectivity index (χ1v) is 9.28. The van der Waals surface area contributed by atoms with Crippen LogP contribution < -0.4 is 11.1 Å². The fourth-order valence-electron chi connectivity index (χ4n) is 3.58. The second-order valence-electron chi connectivity index (χ2n) is 7.08. The lowest BCUT2D eigenvalue weighted by molar-refractivity contribution is 0.0376. The molecule has 0 aromatic heterocycles. The van der Waals surface area contributed by atoms with E-state index in [2.05, 4.69) is 15.2 Å². The lowest BCUT2D eigenvalue weighted by Gasteiger charge is -2.41. The Kier molecular flexibility index (Phi) is 6.26. The van der Waals surface area contributed by atoms with Gasteiger partial charge in [0.25, 0.3) is 0 Å². The molecule has 0 spiro atoms. The van der Waals surface area contributed by atoms with Crippen LogP contribution in [0.1, 0.15) is 31.2 Å². The molecule has 1 heterocycles. The SMILES string of the molecule is NC(=NCC1(c2ccc(F)cc2)CCC1)NCCCN1CCOCC1. The highest BCUT2D eigenvalue weighted by Gasteiger charge is 2.38. The Hall–Kier alpha value is -1.66. The molecule has 1 saturated heterocycles. The molecular weight excluding hydrogens is 319 g/mol. The molecule has 0 atom stereocenters. The molecule has 6 heteroatoms. The van der Waals surface area contributed by atoms with E-state index in [9.17, 15) is 4.39 Å². The Morgan fingerprint density at radius 2 is 1.96 bits per heavy atom. The average Bonchev–Trinajstić information content (AvgIpc) is 2.60. The number of rotatable bonds is 7. The molecule has 0 amide bonds. The summed E-state index contributed by atoms with van der Waals surface area (Å²) in [4.78, 5) is 6.97. The fraction of sp³-hybridized carbons (Fsp3) is 0.632. The monoisotopic (exact) mass is 348 g/mol. The fourth-order valence-corrected chi connectivity index (χ4v) is 3.58. The van der Waals surface area contributed by atoms with Crippen molar-refractivity contribution in [1.82, 2.24) is 10.2 Å². The van der Waals surface area contributed by atoms with Crippen molar-refractivity contribution in [3.63, 3.8) is 0 Å². The maximum absolute atomic E-state index is 13.2. The third-order valence-corrected chi connectivity index (χ3v) is 5.38. The zero-order chi connectivity index (χ0) is 17.5. The van der Waals surface area contributed by atoms with Crippen LogP contribution in [-0.2, 0) is 10.2 Å². The second-order valence-corrected chi connectivity index (χ2v) is 7.08. The summed E-state index contributed by atoms with van der Waals surface area (Å²) < 4.78 is 18.5. The normalized spacial score (nSPS) is 20.9. The Morgan fingerprint density at radius 1 is 1.24 bits per heavy atom. The number of morpholine rings is 1. The van der Waals surface area contributed by atoms with Gasteiger partial charge in [0.2, 0.25) is 0 Å². The third-order valence-electron chi connectivity index (χ3n) is 5.38. The number of halogens is 1. The van der Waals surface area contributed by atoms with Crippen LogP contribution in [0.5, 0.6) is 0 Å². The minimum atomic E-state index is -0.192. The van der Waals surface area contributed by atoms with E-state index in [0.29, 0.717) is 12.5 Å². The van der Waals surface area contributed by atoms with Crippen molar-refractivity contribution in [2.24, 2.45) is 10.7 Å². The molecule has 1 aliphatic heterocycles. The van der Waals surface area contributed by atoms with Gasteiger partial charge in [0.15, 0.2) is 5.96 Å². The van der Waals surface area contributed by atoms with Gasteiger partial charge in [0.1, 0.15) is 5.82 Å². The summed E-state index contributed by atoms with van der Waals surface area (Å²) >= 11 is 0. The van der Waals surface area contributed by atoms with Crippen molar-refractivity contribution in [3.05, 3.63) is 35.6 Å². The quantitative estimate of drug-likeness (QED) is 0.449. The number of guanidine groups is 1. The van der Waals surface area contributed by atoms with Gasteiger partial charge in [-0.05, 0) is 43.5 Å². The van der Waals surface area contributed by atoms with E-state index in [0.717, 1.165) is 58.7 Å². The van der Waals surface area contributed by atoms with E-state index in [-0.39, 0.29) is 11.2 Å². The van der Waals surface area contributed by atoms with Crippen LogP contribution in [0.3, 0.4) is 0 Å². The summed E-state index contributed by atoms with van der Waals surface area (Å²) in [5.74, 6) is 0.318. The van der Waals surface area contributed by atoms with E-state index >= 15 is 0 Å². The number of benzene rings is 1. The van der Waals surface area contributed by atoms with Crippen LogP contribution in [0.25, 0.3) is 0 Å². The molecule has 0 bridgehead atoms. The first kappa shape index (κ1) is 18.1. The summed E-state index contributed by atoms with van der Waals surface area (Å²) in [5, 5.41) is 3.21. The van der Waals surface area contributed by atoms with Gasteiger partial charge in [-0.3, -0.25) is 9.89 Å². The predicted molar refractivity (Wildman–Crippen MR) is 98.3 cm³/mol. The van der Waals surface area contributed by atoms with Crippen molar-refractivity contribution in [1.29, 1.82) is 0 Å². The average molecular weight is 348 g/mol. The number of hydrogen-bond donors (Lipinski definition) is 2. The summed E-state index contributed by atoms with van der Waals surface area (Å²) in [6.07, 6.45) is 4.41. The van der Waals surface area contributed by atoms with Gasteiger partial charge >= 0.3 is 0 Å². The van der Waals surface area contributed by atoms with E-state index in [4.69, 9.17) is 10.5 Å². The summed E-state index contributed by atoms with van der Waals surface area (Å²) in [6, 6.07) is 6.84. The Labute approximate surface area is 149 Å². The van der Waals surface area contributed by atoms with E-state index < -0.39 is 0 Å². The Balaban J connectivity index is 1.43. The number of nitrogens with one attached hydrogen (secondary N) is 1. The van der Waals surface area contributed by atoms with Crippen LogP contribution in [-0.4, -0.2) is 56.8 Å². The largest absolute Gasteiger partial charge is 0.379 e. The highest BCUT2D eigenvalue weighted by molar-refractivity contribution is 5.77. The summed E-state index contributed by atoms with van der Waals surface area (Å²) in [7, 11) is 0. The van der Waals surface area contributed by atoms with Crippen molar-refractivity contribution in [2.75, 3.05) is 45.9 Å². The highest BCUT2D eigenvalue weighted by atomic mass is 19.1. The highest BCUT2D eigenvalue weighted by Crippen LogP contribution is 2.43. The van der Waals surface area contributed by atoms with Crippen molar-refractivity contribution >= 4 is 5.96 Å². The summed E-state index contributed by atoms with van der Waals surface area (Å²) in [6.45, 7) is 6.26. The number of nitrogens with two attached hydrogens (primary N) is 1. The van der Waals surface area contributed by atoms with Gasteiger partial charge in [-0.25, -0.2) is 4.39 Å². The molecule has 0 radical (unpaired) electrons. The van der Waals surface area contributed by atoms with E-state index in [1.165, 1.54) is 24.1 Å². The number of hydrogen-bond acceptors (Lipinski definition) is 3. The molecule has 1 saturated carbocycles. The zero-order valence-electron chi connectivity index (χ0n) is 14.8. The summed E-state index contributed by atoms with van der Waals surface area (Å²) in [5.41, 5.74) is 7.23. The van der Waals surface area contributed by atoms with Gasteiger partial charge in [-0.15, -0.1) is 0 Å². The Morgan fingerprint density at radius 3 is 2.60 bits per heavy atom. The predicted octanol–water partition coefficient (Wildman–Crippen LogP) is 1.87. The van der Waals surface area contributed by atoms with Crippen LogP contribution in [0, 0.1) is 5.82 Å². The molecule has 25 heavy (non-hydrogen) atoms. The first-order chi connectivity index (χ1) is 12.2. The van der Waals surface area contributed by atoms with Gasteiger partial charge in [0, 0.05) is 25.0 Å². The minimum absolute atomic E-state index is 0.0355. The minimum Gasteiger partial charge on any atom is -0.379 e. The smallest absolute Gasteiger partial charge is 0.188 e. The molecule has 2 aliphatic rings. The molecule has 1 aromatic rings. The lowest BCUT2D eigenvalue weighted by Crippen LogP contribution is -2.41. The third kappa shape index (κ3) is 4.92. The molecule has 3 N–H and O–H groups in total. The molecule has 2 fully saturated rings. The topological polar surface area (TPSA) is 62.9 Å². The number of ether oxygens (including phenoxy) is 1. The number of nitrogens with zero attached hydrogens (tertiary/aromatic N) is 2. The molecule has 0 unspecified atom stereocenters. The van der Waals surface area contributed by atoms with Crippen LogP contribution in [0.2, 0.25) is 0 Å². The molecular formula is C19H29FN4O. The van der Waals surface area contributed by atoms with E-state index in [1.54, 1.807) is 0 Å². The van der Waals surface area contributed by atoms with Crippen LogP contribution in [0.4, 0.5) is 4.39 Å². The standard InChI is InChI=1S/C19H29FN4O/c20-17-5-3-16(4-6-17)19(7-1-8-19)15-23-18(21)22-9-2-10-24-11-13-25-14-12-24/h3-6H,1-2,7-15H2,(H3,21,22,23). The number of aliphatic imine (C=N–C) groups is 1. The van der Waals surface area contributed by atoms with Gasteiger partial charge in [0.05, 0.1) is 19.8 Å². The van der Waals surface area contributed by atoms with Crippen LogP contribution in [0.15, 0.2) is 29.3 Å².